The maximum Gasteiger partial charge on any atom is 0.268 e. The quantitative estimate of drug-likeness (QED) is 0.672. The number of benzene rings is 1. The lowest BCUT2D eigenvalue weighted by Gasteiger charge is -2.26. The van der Waals surface area contributed by atoms with Crippen LogP contribution in [-0.4, -0.2) is 15.9 Å². The van der Waals surface area contributed by atoms with Crippen LogP contribution in [-0.2, 0) is 0 Å². The average molecular weight is 395 g/mol. The van der Waals surface area contributed by atoms with Gasteiger partial charge in [-0.2, -0.15) is 0 Å². The predicted molar refractivity (Wildman–Crippen MR) is 112 cm³/mol. The van der Waals surface area contributed by atoms with E-state index in [1.807, 2.05) is 13.0 Å². The summed E-state index contributed by atoms with van der Waals surface area (Å²) in [4.78, 5) is 31.0. The third-order valence-electron chi connectivity index (χ3n) is 5.43. The van der Waals surface area contributed by atoms with Gasteiger partial charge in [-0.05, 0) is 55.4 Å². The number of halogens is 1. The van der Waals surface area contributed by atoms with Crippen molar-refractivity contribution in [1.82, 2.24) is 9.97 Å². The van der Waals surface area contributed by atoms with Crippen molar-refractivity contribution in [2.75, 3.05) is 0 Å². The molecule has 1 aliphatic carbocycles. The van der Waals surface area contributed by atoms with Crippen molar-refractivity contribution in [2.45, 2.75) is 45.4 Å². The van der Waals surface area contributed by atoms with E-state index in [2.05, 4.69) is 16.9 Å². The van der Waals surface area contributed by atoms with Crippen LogP contribution in [0.5, 0.6) is 0 Å². The Hall–Kier alpha value is -3.02. The van der Waals surface area contributed by atoms with E-state index >= 15 is 0 Å². The Kier molecular flexibility index (Phi) is 6.42. The van der Waals surface area contributed by atoms with Crippen molar-refractivity contribution < 1.29 is 9.18 Å². The zero-order valence-electron chi connectivity index (χ0n) is 16.7. The molecule has 0 aliphatic heterocycles. The smallest absolute Gasteiger partial charge is 0.268 e. The second-order valence-corrected chi connectivity index (χ2v) is 7.79. The summed E-state index contributed by atoms with van der Waals surface area (Å²) >= 11 is 0. The molecule has 1 aromatic carbocycles. The number of carbonyl (C=O) groups excluding carboxylic acids is 1. The molecule has 6 heteroatoms. The summed E-state index contributed by atoms with van der Waals surface area (Å²) in [7, 11) is 0. The van der Waals surface area contributed by atoms with Crippen molar-refractivity contribution in [3.8, 4) is 0 Å². The van der Waals surface area contributed by atoms with Crippen molar-refractivity contribution in [2.24, 2.45) is 11.7 Å². The SMILES string of the molecule is CC1CCC(c2cc(=O)c3c(C(N)=O)nccc3[nH]2)CC1.Cc1cccc(F)c1. The van der Waals surface area contributed by atoms with Crippen molar-refractivity contribution in [1.29, 1.82) is 0 Å². The molecule has 0 atom stereocenters. The maximum atomic E-state index is 12.4. The maximum absolute atomic E-state index is 12.4. The number of nitrogens with two attached hydrogens (primary N) is 1. The van der Waals surface area contributed by atoms with E-state index in [9.17, 15) is 14.0 Å². The second-order valence-electron chi connectivity index (χ2n) is 7.79. The molecule has 4 rings (SSSR count). The van der Waals surface area contributed by atoms with Crippen LogP contribution < -0.4 is 11.2 Å². The van der Waals surface area contributed by atoms with Crippen LogP contribution in [0, 0.1) is 18.7 Å². The molecule has 3 N–H and O–H groups in total. The zero-order chi connectivity index (χ0) is 21.0. The monoisotopic (exact) mass is 395 g/mol. The van der Waals surface area contributed by atoms with Gasteiger partial charge in [-0.3, -0.25) is 14.6 Å². The third kappa shape index (κ3) is 5.08. The van der Waals surface area contributed by atoms with Crippen molar-refractivity contribution in [3.05, 3.63) is 75.6 Å². The van der Waals surface area contributed by atoms with Crippen LogP contribution in [0.25, 0.3) is 10.9 Å². The lowest BCUT2D eigenvalue weighted by atomic mass is 9.81. The van der Waals surface area contributed by atoms with Gasteiger partial charge in [0, 0.05) is 18.0 Å². The predicted octanol–water partition coefficient (Wildman–Crippen LogP) is 4.45. The van der Waals surface area contributed by atoms with E-state index in [0.29, 0.717) is 11.4 Å². The number of H-pyrrole nitrogens is 1. The van der Waals surface area contributed by atoms with Crippen LogP contribution in [0.1, 0.15) is 60.3 Å². The molecule has 5 nitrogen and oxygen atoms in total. The highest BCUT2D eigenvalue weighted by molar-refractivity contribution is 6.03. The molecule has 2 aromatic heterocycles. The Bertz CT molecular complexity index is 1050. The largest absolute Gasteiger partial charge is 0.364 e. The van der Waals surface area contributed by atoms with Gasteiger partial charge in [0.15, 0.2) is 5.43 Å². The molecule has 29 heavy (non-hydrogen) atoms. The standard InChI is InChI=1S/C16H19N3O2.C7H7F/c1-9-2-4-10(5-3-9)12-8-13(20)14-11(19-12)6-7-18-15(14)16(17)21;1-6-3-2-4-7(8)5-6/h6-10H,2-5H2,1H3,(H2,17,21)(H,19,20);2-5H,1H3. The van der Waals surface area contributed by atoms with E-state index in [-0.39, 0.29) is 22.3 Å². The van der Waals surface area contributed by atoms with Gasteiger partial charge in [-0.1, -0.05) is 31.9 Å². The molecule has 3 aromatic rings. The molecule has 0 spiro atoms. The fourth-order valence-electron chi connectivity index (χ4n) is 3.80. The summed E-state index contributed by atoms with van der Waals surface area (Å²) in [6.45, 7) is 4.13. The van der Waals surface area contributed by atoms with E-state index < -0.39 is 5.91 Å². The minimum absolute atomic E-state index is 0.0394. The number of fused-ring (bicyclic) bond motifs is 1. The molecule has 2 heterocycles. The normalized spacial score (nSPS) is 18.7. The number of rotatable bonds is 2. The first-order valence-electron chi connectivity index (χ1n) is 9.89. The van der Waals surface area contributed by atoms with Gasteiger partial charge in [-0.15, -0.1) is 0 Å². The molecule has 1 amide bonds. The van der Waals surface area contributed by atoms with Gasteiger partial charge in [0.25, 0.3) is 5.91 Å². The molecular formula is C23H26FN3O2. The first-order valence-corrected chi connectivity index (χ1v) is 9.89. The Morgan fingerprint density at radius 3 is 2.48 bits per heavy atom. The van der Waals surface area contributed by atoms with Crippen LogP contribution in [0.4, 0.5) is 4.39 Å². The molecule has 0 unspecified atom stereocenters. The van der Waals surface area contributed by atoms with Gasteiger partial charge >= 0.3 is 0 Å². The number of primary amides is 1. The molecule has 152 valence electrons. The number of aromatic nitrogens is 2. The van der Waals surface area contributed by atoms with E-state index in [0.717, 1.165) is 30.0 Å². The fourth-order valence-corrected chi connectivity index (χ4v) is 3.80. The van der Waals surface area contributed by atoms with E-state index in [1.165, 1.54) is 31.2 Å². The molecule has 1 fully saturated rings. The van der Waals surface area contributed by atoms with E-state index in [1.54, 1.807) is 18.2 Å². The lowest BCUT2D eigenvalue weighted by molar-refractivity contribution is 0.0997. The fraction of sp³-hybridized carbons (Fsp3) is 0.348. The molecule has 0 radical (unpaired) electrons. The van der Waals surface area contributed by atoms with Crippen molar-refractivity contribution in [3.63, 3.8) is 0 Å². The van der Waals surface area contributed by atoms with Crippen LogP contribution >= 0.6 is 0 Å². The number of carbonyl (C=O) groups is 1. The number of pyridine rings is 2. The van der Waals surface area contributed by atoms with Crippen molar-refractivity contribution >= 4 is 16.8 Å². The summed E-state index contributed by atoms with van der Waals surface area (Å²) in [5.74, 6) is 0.318. The highest BCUT2D eigenvalue weighted by atomic mass is 19.1. The zero-order valence-corrected chi connectivity index (χ0v) is 16.7. The van der Waals surface area contributed by atoms with Gasteiger partial charge in [0.1, 0.15) is 11.5 Å². The highest BCUT2D eigenvalue weighted by Crippen LogP contribution is 2.34. The number of aromatic amines is 1. The lowest BCUT2D eigenvalue weighted by Crippen LogP contribution is -2.19. The molecular weight excluding hydrogens is 369 g/mol. The Balaban J connectivity index is 0.000000252. The average Bonchev–Trinajstić information content (AvgIpc) is 2.68. The molecule has 1 aliphatic rings. The minimum atomic E-state index is -0.676. The Morgan fingerprint density at radius 1 is 1.17 bits per heavy atom. The number of nitrogens with zero attached hydrogens (tertiary/aromatic N) is 1. The first kappa shape index (κ1) is 20.7. The van der Waals surface area contributed by atoms with Gasteiger partial charge in [0.05, 0.1) is 10.9 Å². The summed E-state index contributed by atoms with van der Waals surface area (Å²) < 4.78 is 12.2. The highest BCUT2D eigenvalue weighted by Gasteiger charge is 2.22. The molecule has 0 bridgehead atoms. The Morgan fingerprint density at radius 2 is 1.90 bits per heavy atom. The van der Waals surface area contributed by atoms with Gasteiger partial charge in [0.2, 0.25) is 0 Å². The van der Waals surface area contributed by atoms with E-state index in [4.69, 9.17) is 5.73 Å². The Labute approximate surface area is 169 Å². The van der Waals surface area contributed by atoms with Crippen LogP contribution in [0.2, 0.25) is 0 Å². The summed E-state index contributed by atoms with van der Waals surface area (Å²) in [5, 5.41) is 0.290. The number of aryl methyl sites for hydroxylation is 1. The topological polar surface area (TPSA) is 88.8 Å². The molecule has 1 saturated carbocycles. The number of amides is 1. The second kappa shape index (κ2) is 8.99. The van der Waals surface area contributed by atoms with Gasteiger partial charge < -0.3 is 10.7 Å². The minimum Gasteiger partial charge on any atom is -0.364 e. The summed E-state index contributed by atoms with van der Waals surface area (Å²) in [6, 6.07) is 9.83. The van der Waals surface area contributed by atoms with Crippen LogP contribution in [0.3, 0.4) is 0 Å². The number of hydrogen-bond acceptors (Lipinski definition) is 3. The number of nitrogens with one attached hydrogen (secondary N) is 1. The van der Waals surface area contributed by atoms with Crippen LogP contribution in [0.15, 0.2) is 47.4 Å². The number of hydrogen-bond donors (Lipinski definition) is 2. The first-order chi connectivity index (χ1) is 13.8. The summed E-state index contributed by atoms with van der Waals surface area (Å²) in [5.41, 5.74) is 7.71. The third-order valence-corrected chi connectivity index (χ3v) is 5.43. The van der Waals surface area contributed by atoms with Gasteiger partial charge in [-0.25, -0.2) is 4.39 Å². The summed E-state index contributed by atoms with van der Waals surface area (Å²) in [6.07, 6.45) is 6.07. The molecule has 0 saturated heterocycles.